The molecule has 0 spiro atoms. The van der Waals surface area contributed by atoms with E-state index in [0.29, 0.717) is 22.7 Å². The number of nitrogens with two attached hydrogens (primary N) is 1. The predicted molar refractivity (Wildman–Crippen MR) is 71.2 cm³/mol. The summed E-state index contributed by atoms with van der Waals surface area (Å²) < 4.78 is 5.42. The van der Waals surface area contributed by atoms with Crippen molar-refractivity contribution in [1.82, 2.24) is 5.32 Å². The van der Waals surface area contributed by atoms with E-state index in [4.69, 9.17) is 22.4 Å². The van der Waals surface area contributed by atoms with Crippen molar-refractivity contribution in [2.75, 3.05) is 0 Å². The van der Waals surface area contributed by atoms with Crippen LogP contribution >= 0.6 is 12.2 Å². The van der Waals surface area contributed by atoms with Crippen LogP contribution in [-0.4, -0.2) is 16.9 Å². The number of furan rings is 1. The first-order chi connectivity index (χ1) is 7.88. The van der Waals surface area contributed by atoms with Gasteiger partial charge in [0.15, 0.2) is 0 Å². The lowest BCUT2D eigenvalue weighted by atomic mass is 10.1. The zero-order valence-electron chi connectivity index (χ0n) is 10.6. The number of rotatable bonds is 4. The fourth-order valence-electron chi connectivity index (χ4n) is 1.73. The molecular formula is C12H18N2O2S. The highest BCUT2D eigenvalue weighted by Gasteiger charge is 2.21. The number of amides is 1. The Labute approximate surface area is 107 Å². The van der Waals surface area contributed by atoms with Crippen LogP contribution in [0.25, 0.3) is 0 Å². The van der Waals surface area contributed by atoms with Crippen LogP contribution in [0.3, 0.4) is 0 Å². The normalized spacial score (nSPS) is 12.2. The van der Waals surface area contributed by atoms with E-state index >= 15 is 0 Å². The van der Waals surface area contributed by atoms with E-state index in [1.807, 2.05) is 20.8 Å². The number of thiocarbonyl (C=S) groups is 1. The van der Waals surface area contributed by atoms with Gasteiger partial charge in [-0.1, -0.05) is 19.1 Å². The molecule has 94 valence electrons. The monoisotopic (exact) mass is 254 g/mol. The van der Waals surface area contributed by atoms with E-state index in [2.05, 4.69) is 5.32 Å². The molecule has 0 fully saturated rings. The molecule has 0 aliphatic carbocycles. The van der Waals surface area contributed by atoms with Crippen molar-refractivity contribution in [2.45, 2.75) is 40.2 Å². The van der Waals surface area contributed by atoms with Crippen molar-refractivity contribution in [2.24, 2.45) is 5.73 Å². The summed E-state index contributed by atoms with van der Waals surface area (Å²) in [6.45, 7) is 7.40. The molecule has 1 heterocycles. The summed E-state index contributed by atoms with van der Waals surface area (Å²) in [6, 6.07) is -0.272. The van der Waals surface area contributed by atoms with E-state index in [-0.39, 0.29) is 11.9 Å². The zero-order valence-corrected chi connectivity index (χ0v) is 11.4. The van der Waals surface area contributed by atoms with E-state index in [1.54, 1.807) is 6.92 Å². The molecule has 1 aromatic rings. The van der Waals surface area contributed by atoms with Crippen LogP contribution < -0.4 is 11.1 Å². The van der Waals surface area contributed by atoms with Gasteiger partial charge in [-0.2, -0.15) is 0 Å². The summed E-state index contributed by atoms with van der Waals surface area (Å²) in [5.41, 5.74) is 6.99. The minimum absolute atomic E-state index is 0.184. The molecule has 1 atom stereocenters. The lowest BCUT2D eigenvalue weighted by molar-refractivity contribution is 0.0944. The van der Waals surface area contributed by atoms with Crippen LogP contribution in [0.5, 0.6) is 0 Å². The second-order valence-electron chi connectivity index (χ2n) is 4.05. The maximum Gasteiger partial charge on any atom is 0.255 e. The van der Waals surface area contributed by atoms with Gasteiger partial charge in [0.05, 0.1) is 16.6 Å². The first-order valence-corrected chi connectivity index (χ1v) is 5.96. The average molecular weight is 254 g/mol. The third-order valence-electron chi connectivity index (χ3n) is 2.85. The summed E-state index contributed by atoms with van der Waals surface area (Å²) in [6.07, 6.45) is 0.677. The maximum absolute atomic E-state index is 12.1. The average Bonchev–Trinajstić information content (AvgIpc) is 2.49. The Morgan fingerprint density at radius 2 is 2.00 bits per heavy atom. The van der Waals surface area contributed by atoms with Gasteiger partial charge in [-0.15, -0.1) is 0 Å². The van der Waals surface area contributed by atoms with Gasteiger partial charge in [0.1, 0.15) is 11.5 Å². The smallest absolute Gasteiger partial charge is 0.255 e. The molecule has 1 aromatic heterocycles. The summed E-state index contributed by atoms with van der Waals surface area (Å²) >= 11 is 4.89. The topological polar surface area (TPSA) is 68.3 Å². The Kier molecular flexibility index (Phi) is 4.28. The van der Waals surface area contributed by atoms with Gasteiger partial charge < -0.3 is 15.5 Å². The molecule has 0 saturated carbocycles. The molecular weight excluding hydrogens is 236 g/mol. The van der Waals surface area contributed by atoms with Crippen molar-refractivity contribution in [1.29, 1.82) is 0 Å². The zero-order chi connectivity index (χ0) is 13.2. The summed E-state index contributed by atoms with van der Waals surface area (Å²) in [4.78, 5) is 12.4. The molecule has 5 heteroatoms. The standard InChI is InChI=1S/C12H18N2O2S/c1-5-9(11(13)17)14-12(15)10-6(2)7(3)16-8(10)4/h9H,5H2,1-4H3,(H2,13,17)(H,14,15). The van der Waals surface area contributed by atoms with Gasteiger partial charge in [-0.3, -0.25) is 4.79 Å². The van der Waals surface area contributed by atoms with Gasteiger partial charge >= 0.3 is 0 Å². The molecule has 0 aliphatic rings. The molecule has 1 amide bonds. The van der Waals surface area contributed by atoms with Crippen LogP contribution in [0.4, 0.5) is 0 Å². The quantitative estimate of drug-likeness (QED) is 0.806. The minimum atomic E-state index is -0.272. The Hall–Kier alpha value is -1.36. The molecule has 1 rings (SSSR count). The number of nitrogens with one attached hydrogen (secondary N) is 1. The van der Waals surface area contributed by atoms with Gasteiger partial charge in [0.2, 0.25) is 0 Å². The van der Waals surface area contributed by atoms with Crippen molar-refractivity contribution in [3.63, 3.8) is 0 Å². The Morgan fingerprint density at radius 3 is 2.35 bits per heavy atom. The molecule has 0 saturated heterocycles. The lowest BCUT2D eigenvalue weighted by Crippen LogP contribution is -2.43. The van der Waals surface area contributed by atoms with E-state index < -0.39 is 0 Å². The third-order valence-corrected chi connectivity index (χ3v) is 3.13. The predicted octanol–water partition coefficient (Wildman–Crippen LogP) is 2.00. The molecule has 0 aliphatic heterocycles. The molecule has 17 heavy (non-hydrogen) atoms. The number of aryl methyl sites for hydroxylation is 2. The van der Waals surface area contributed by atoms with Gasteiger partial charge in [-0.25, -0.2) is 0 Å². The number of hydrogen-bond acceptors (Lipinski definition) is 3. The highest BCUT2D eigenvalue weighted by molar-refractivity contribution is 7.80. The molecule has 1 unspecified atom stereocenters. The molecule has 4 nitrogen and oxygen atoms in total. The molecule has 3 N–H and O–H groups in total. The van der Waals surface area contributed by atoms with Gasteiger partial charge in [0.25, 0.3) is 5.91 Å². The molecule has 0 bridgehead atoms. The molecule has 0 radical (unpaired) electrons. The minimum Gasteiger partial charge on any atom is -0.466 e. The van der Waals surface area contributed by atoms with E-state index in [0.717, 1.165) is 11.3 Å². The largest absolute Gasteiger partial charge is 0.466 e. The second kappa shape index (κ2) is 5.31. The van der Waals surface area contributed by atoms with Crippen LogP contribution in [0, 0.1) is 20.8 Å². The number of carbonyl (C=O) groups is 1. The van der Waals surface area contributed by atoms with E-state index in [1.165, 1.54) is 0 Å². The summed E-state index contributed by atoms with van der Waals surface area (Å²) in [7, 11) is 0. The Balaban J connectivity index is 2.94. The third kappa shape index (κ3) is 2.85. The lowest BCUT2D eigenvalue weighted by Gasteiger charge is -2.15. The number of carbonyl (C=O) groups excluding carboxylic acids is 1. The van der Waals surface area contributed by atoms with Crippen molar-refractivity contribution >= 4 is 23.1 Å². The SMILES string of the molecule is CCC(NC(=O)c1c(C)oc(C)c1C)C(N)=S. The Morgan fingerprint density at radius 1 is 1.41 bits per heavy atom. The highest BCUT2D eigenvalue weighted by Crippen LogP contribution is 2.20. The van der Waals surface area contributed by atoms with Gasteiger partial charge in [-0.05, 0) is 27.2 Å². The summed E-state index contributed by atoms with van der Waals surface area (Å²) in [5.74, 6) is 1.20. The van der Waals surface area contributed by atoms with Crippen molar-refractivity contribution in [3.8, 4) is 0 Å². The first-order valence-electron chi connectivity index (χ1n) is 5.55. The van der Waals surface area contributed by atoms with Crippen LogP contribution in [0.15, 0.2) is 4.42 Å². The van der Waals surface area contributed by atoms with Crippen LogP contribution in [-0.2, 0) is 0 Å². The van der Waals surface area contributed by atoms with Gasteiger partial charge in [0, 0.05) is 5.56 Å². The number of hydrogen-bond donors (Lipinski definition) is 2. The fourth-order valence-corrected chi connectivity index (χ4v) is 1.96. The maximum atomic E-state index is 12.1. The van der Waals surface area contributed by atoms with Crippen LogP contribution in [0.1, 0.15) is 40.8 Å². The summed E-state index contributed by atoms with van der Waals surface area (Å²) in [5, 5.41) is 2.81. The second-order valence-corrected chi connectivity index (χ2v) is 4.52. The fraction of sp³-hybridized carbons (Fsp3) is 0.500. The van der Waals surface area contributed by atoms with Crippen LogP contribution in [0.2, 0.25) is 0 Å². The first kappa shape index (κ1) is 13.7. The van der Waals surface area contributed by atoms with E-state index in [9.17, 15) is 4.79 Å². The molecule has 0 aromatic carbocycles. The van der Waals surface area contributed by atoms with Crippen molar-refractivity contribution in [3.05, 3.63) is 22.6 Å². The van der Waals surface area contributed by atoms with Crippen molar-refractivity contribution < 1.29 is 9.21 Å². The highest BCUT2D eigenvalue weighted by atomic mass is 32.1. The Bertz CT molecular complexity index is 452.